The molecule has 2 aromatic heterocycles. The maximum absolute atomic E-state index is 12.2. The van der Waals surface area contributed by atoms with Gasteiger partial charge in [0.1, 0.15) is 0 Å². The van der Waals surface area contributed by atoms with Gasteiger partial charge < -0.3 is 13.6 Å². The van der Waals surface area contributed by atoms with E-state index < -0.39 is 0 Å². The number of hydrogen-bond acceptors (Lipinski definition) is 6. The lowest BCUT2D eigenvalue weighted by Crippen LogP contribution is -2.11. The van der Waals surface area contributed by atoms with Crippen LogP contribution in [0.25, 0.3) is 22.6 Å². The van der Waals surface area contributed by atoms with Crippen LogP contribution >= 0.6 is 11.6 Å². The molecule has 0 aliphatic heterocycles. The molecule has 0 aliphatic carbocycles. The Balaban J connectivity index is 1.58. The molecule has 2 heterocycles. The Bertz CT molecular complexity index is 1090. The fraction of sp³-hybridized carbons (Fsp3) is 0.0556. The molecule has 4 rings (SSSR count). The molecule has 0 saturated carbocycles. The summed E-state index contributed by atoms with van der Waals surface area (Å²) < 4.78 is 16.5. The fourth-order valence-electron chi connectivity index (χ4n) is 2.45. The Morgan fingerprint density at radius 2 is 1.92 bits per heavy atom. The lowest BCUT2D eigenvalue weighted by atomic mass is 10.2. The Hall–Kier alpha value is -3.32. The number of amides is 1. The summed E-state index contributed by atoms with van der Waals surface area (Å²) in [7, 11) is 1.56. The minimum Gasteiger partial charge on any atom is -0.493 e. The molecule has 0 aliphatic rings. The molecule has 2 aromatic carbocycles. The van der Waals surface area contributed by atoms with Gasteiger partial charge in [-0.05, 0) is 36.4 Å². The maximum atomic E-state index is 12.2. The standard InChI is InChI=1S/C18H12ClN3O4/c1-24-13-4-2-3-11-9-14(25-15(11)13)17-21-22-18(26-17)20-16(23)10-5-7-12(19)8-6-10/h2-9H,1H3,(H,20,22,23). The largest absolute Gasteiger partial charge is 0.493 e. The minimum absolute atomic E-state index is 0.0348. The van der Waals surface area contributed by atoms with Crippen LogP contribution in [-0.2, 0) is 0 Å². The number of methoxy groups -OCH3 is 1. The third-order valence-electron chi connectivity index (χ3n) is 3.69. The van der Waals surface area contributed by atoms with Crippen molar-refractivity contribution in [2.45, 2.75) is 0 Å². The van der Waals surface area contributed by atoms with E-state index in [1.807, 2.05) is 12.1 Å². The number of hydrogen-bond donors (Lipinski definition) is 1. The average Bonchev–Trinajstić information content (AvgIpc) is 3.28. The van der Waals surface area contributed by atoms with Gasteiger partial charge in [-0.3, -0.25) is 10.1 Å². The van der Waals surface area contributed by atoms with Crippen molar-refractivity contribution in [1.82, 2.24) is 10.2 Å². The summed E-state index contributed by atoms with van der Waals surface area (Å²) in [4.78, 5) is 12.2. The molecule has 0 spiro atoms. The van der Waals surface area contributed by atoms with Gasteiger partial charge >= 0.3 is 6.01 Å². The number of benzene rings is 2. The number of rotatable bonds is 4. The molecule has 0 radical (unpaired) electrons. The van der Waals surface area contributed by atoms with E-state index in [0.717, 1.165) is 5.39 Å². The molecule has 1 N–H and O–H groups in total. The third kappa shape index (κ3) is 3.00. The summed E-state index contributed by atoms with van der Waals surface area (Å²) >= 11 is 5.81. The van der Waals surface area contributed by atoms with Crippen molar-refractivity contribution in [2.24, 2.45) is 0 Å². The molecular formula is C18H12ClN3O4. The Kier molecular flexibility index (Phi) is 4.06. The van der Waals surface area contributed by atoms with Crippen molar-refractivity contribution >= 4 is 34.5 Å². The van der Waals surface area contributed by atoms with Gasteiger partial charge in [0.05, 0.1) is 7.11 Å². The number of nitrogens with one attached hydrogen (secondary N) is 1. The number of furan rings is 1. The number of carbonyl (C=O) groups excluding carboxylic acids is 1. The first-order valence-electron chi connectivity index (χ1n) is 7.61. The summed E-state index contributed by atoms with van der Waals surface area (Å²) in [6.45, 7) is 0. The highest BCUT2D eigenvalue weighted by atomic mass is 35.5. The zero-order valence-corrected chi connectivity index (χ0v) is 14.3. The van der Waals surface area contributed by atoms with Crippen molar-refractivity contribution in [1.29, 1.82) is 0 Å². The van der Waals surface area contributed by atoms with Crippen molar-refractivity contribution in [3.05, 3.63) is 59.1 Å². The van der Waals surface area contributed by atoms with Crippen LogP contribution in [0.3, 0.4) is 0 Å². The van der Waals surface area contributed by atoms with Crippen LogP contribution in [0, 0.1) is 0 Å². The normalized spacial score (nSPS) is 10.8. The molecule has 4 aromatic rings. The number of fused-ring (bicyclic) bond motifs is 1. The molecule has 7 nitrogen and oxygen atoms in total. The lowest BCUT2D eigenvalue weighted by molar-refractivity contribution is 0.102. The van der Waals surface area contributed by atoms with Gasteiger partial charge in [0.25, 0.3) is 11.8 Å². The minimum atomic E-state index is -0.386. The summed E-state index contributed by atoms with van der Waals surface area (Å²) in [6.07, 6.45) is 0. The van der Waals surface area contributed by atoms with Crippen LogP contribution in [0.15, 0.2) is 57.4 Å². The highest BCUT2D eigenvalue weighted by Gasteiger charge is 2.17. The molecule has 0 saturated heterocycles. The van der Waals surface area contributed by atoms with Crippen molar-refractivity contribution in [3.63, 3.8) is 0 Å². The van der Waals surface area contributed by atoms with E-state index in [1.165, 1.54) is 0 Å². The number of halogens is 1. The molecule has 8 heteroatoms. The van der Waals surface area contributed by atoms with Crippen LogP contribution < -0.4 is 10.1 Å². The van der Waals surface area contributed by atoms with Crippen molar-refractivity contribution in [3.8, 4) is 17.4 Å². The molecule has 0 unspecified atom stereocenters. The Morgan fingerprint density at radius 3 is 2.69 bits per heavy atom. The SMILES string of the molecule is COc1cccc2cc(-c3nnc(NC(=O)c4ccc(Cl)cc4)o3)oc12. The van der Waals surface area contributed by atoms with E-state index in [2.05, 4.69) is 15.5 Å². The number of para-hydroxylation sites is 1. The van der Waals surface area contributed by atoms with Gasteiger partial charge in [0.15, 0.2) is 17.1 Å². The van der Waals surface area contributed by atoms with Crippen LogP contribution in [0.1, 0.15) is 10.4 Å². The van der Waals surface area contributed by atoms with Gasteiger partial charge in [-0.2, -0.15) is 0 Å². The summed E-state index contributed by atoms with van der Waals surface area (Å²) in [5, 5.41) is 11.6. The number of ether oxygens (including phenoxy) is 1. The first-order chi connectivity index (χ1) is 12.6. The van der Waals surface area contributed by atoms with Gasteiger partial charge in [0, 0.05) is 16.0 Å². The average molecular weight is 370 g/mol. The third-order valence-corrected chi connectivity index (χ3v) is 3.94. The number of nitrogens with zero attached hydrogens (tertiary/aromatic N) is 2. The number of aromatic nitrogens is 2. The number of carbonyl (C=O) groups is 1. The van der Waals surface area contributed by atoms with Crippen LogP contribution in [0.2, 0.25) is 5.02 Å². The van der Waals surface area contributed by atoms with E-state index in [0.29, 0.717) is 27.7 Å². The van der Waals surface area contributed by atoms with Crippen molar-refractivity contribution in [2.75, 3.05) is 12.4 Å². The van der Waals surface area contributed by atoms with Gasteiger partial charge in [-0.25, -0.2) is 0 Å². The van der Waals surface area contributed by atoms with Crippen LogP contribution in [0.5, 0.6) is 5.75 Å². The Morgan fingerprint density at radius 1 is 1.12 bits per heavy atom. The second kappa shape index (κ2) is 6.53. The first kappa shape index (κ1) is 16.2. The summed E-state index contributed by atoms with van der Waals surface area (Å²) in [5.74, 6) is 0.742. The second-order valence-electron chi connectivity index (χ2n) is 5.36. The van der Waals surface area contributed by atoms with E-state index in [-0.39, 0.29) is 17.8 Å². The van der Waals surface area contributed by atoms with E-state index in [1.54, 1.807) is 43.5 Å². The molecule has 1 amide bonds. The first-order valence-corrected chi connectivity index (χ1v) is 7.99. The lowest BCUT2D eigenvalue weighted by Gasteiger charge is -2.00. The highest BCUT2D eigenvalue weighted by molar-refractivity contribution is 6.30. The predicted molar refractivity (Wildman–Crippen MR) is 95.5 cm³/mol. The van der Waals surface area contributed by atoms with Gasteiger partial charge in [0.2, 0.25) is 0 Å². The molecule has 130 valence electrons. The fourth-order valence-corrected chi connectivity index (χ4v) is 2.57. The zero-order valence-electron chi connectivity index (χ0n) is 13.5. The highest BCUT2D eigenvalue weighted by Crippen LogP contribution is 2.33. The second-order valence-corrected chi connectivity index (χ2v) is 5.80. The molecule has 26 heavy (non-hydrogen) atoms. The van der Waals surface area contributed by atoms with Gasteiger partial charge in [-0.1, -0.05) is 28.8 Å². The summed E-state index contributed by atoms with van der Waals surface area (Å²) in [5.41, 5.74) is 0.998. The van der Waals surface area contributed by atoms with Crippen LogP contribution in [-0.4, -0.2) is 23.2 Å². The molecule has 0 bridgehead atoms. The van der Waals surface area contributed by atoms with E-state index in [4.69, 9.17) is 25.2 Å². The monoisotopic (exact) mass is 369 g/mol. The van der Waals surface area contributed by atoms with E-state index >= 15 is 0 Å². The molecule has 0 fully saturated rings. The Labute approximate surface area is 152 Å². The topological polar surface area (TPSA) is 90.4 Å². The smallest absolute Gasteiger partial charge is 0.322 e. The summed E-state index contributed by atoms with van der Waals surface area (Å²) in [6, 6.07) is 13.7. The number of anilines is 1. The van der Waals surface area contributed by atoms with Crippen molar-refractivity contribution < 1.29 is 18.4 Å². The maximum Gasteiger partial charge on any atom is 0.322 e. The predicted octanol–water partition coefficient (Wildman–Crippen LogP) is 4.40. The molecular weight excluding hydrogens is 358 g/mol. The van der Waals surface area contributed by atoms with Crippen LogP contribution in [0.4, 0.5) is 6.01 Å². The molecule has 0 atom stereocenters. The van der Waals surface area contributed by atoms with Gasteiger partial charge in [-0.15, -0.1) is 5.10 Å². The van der Waals surface area contributed by atoms with E-state index in [9.17, 15) is 4.79 Å². The zero-order chi connectivity index (χ0) is 18.1. The quantitative estimate of drug-likeness (QED) is 0.573.